The molecule has 0 saturated carbocycles. The quantitative estimate of drug-likeness (QED) is 0.155. The number of alkyl halides is 4. The summed E-state index contributed by atoms with van der Waals surface area (Å²) in [6.45, 7) is 2.35. The van der Waals surface area contributed by atoms with Crippen molar-refractivity contribution in [2.45, 2.75) is 63.2 Å². The summed E-state index contributed by atoms with van der Waals surface area (Å²) >= 11 is 5.66. The molecule has 0 radical (unpaired) electrons. The molecule has 1 saturated heterocycles. The van der Waals surface area contributed by atoms with Gasteiger partial charge in [-0.25, -0.2) is 18.1 Å². The summed E-state index contributed by atoms with van der Waals surface area (Å²) in [6.07, 6.45) is -9.82. The highest BCUT2D eigenvalue weighted by Gasteiger charge is 2.74. The van der Waals surface area contributed by atoms with Crippen LogP contribution < -0.4 is 20.9 Å². The molecule has 240 valence electrons. The summed E-state index contributed by atoms with van der Waals surface area (Å²) in [7, 11) is -5.04. The Bertz CT molecular complexity index is 1700. The Morgan fingerprint density at radius 1 is 1.18 bits per heavy atom. The van der Waals surface area contributed by atoms with Crippen molar-refractivity contribution in [3.05, 3.63) is 74.5 Å². The topological polar surface area (TPSA) is 158 Å². The fourth-order valence-corrected chi connectivity index (χ4v) is 6.03. The van der Waals surface area contributed by atoms with E-state index in [0.29, 0.717) is 17.0 Å². The number of aromatic amines is 1. The zero-order chi connectivity index (χ0) is 32.6. The second-order valence-corrected chi connectivity index (χ2v) is 12.2. The highest BCUT2D eigenvalue weighted by Crippen LogP contribution is 2.54. The number of benzene rings is 2. The molecule has 18 heteroatoms. The molecule has 1 aromatic heterocycles. The summed E-state index contributed by atoms with van der Waals surface area (Å²) < 4.78 is 95.1. The van der Waals surface area contributed by atoms with Gasteiger partial charge in [0.25, 0.3) is 12.0 Å². The number of halogens is 5. The van der Waals surface area contributed by atoms with Gasteiger partial charge in [-0.1, -0.05) is 48.0 Å². The number of esters is 1. The number of aliphatic hydroxyl groups excluding tert-OH is 1. The maximum Gasteiger partial charge on any atom is 0.459 e. The van der Waals surface area contributed by atoms with Crippen LogP contribution in [-0.2, 0) is 23.4 Å². The number of carbonyl (C=O) groups excluding carboxylic acids is 1. The highest BCUT2D eigenvalue weighted by molar-refractivity contribution is 7.52. The van der Waals surface area contributed by atoms with Crippen LogP contribution in [0.2, 0.25) is 5.02 Å². The predicted molar refractivity (Wildman–Crippen MR) is 148 cm³/mol. The van der Waals surface area contributed by atoms with Crippen LogP contribution in [0.5, 0.6) is 5.75 Å². The summed E-state index contributed by atoms with van der Waals surface area (Å²) in [6, 6.07) is 9.60. The Kier molecular flexibility index (Phi) is 9.64. The standard InChI is InChI=1S/C26H27ClF4N3O9P/c1-13(2)41-22(37)14(3)33-44(39,43-18-10-6-8-15-7-4-5-9-16(15)18)40-12-25(23(28)29)26(30,31)19(35)21(42-25)34-11-17(27)20(36)32-24(34)38/h4-11,13-14,19,21,23,35H,12H2,1-3H3,(H,33,39)(H,32,36,38)/t14-,19-,21+,25-,44?/m0/s1. The maximum atomic E-state index is 15.5. The first-order chi connectivity index (χ1) is 20.5. The molecule has 1 aliphatic heterocycles. The molecule has 3 aromatic rings. The van der Waals surface area contributed by atoms with Gasteiger partial charge in [0.1, 0.15) is 16.8 Å². The molecule has 2 aromatic carbocycles. The first-order valence-corrected chi connectivity index (χ1v) is 14.9. The second-order valence-electron chi connectivity index (χ2n) is 10.1. The van der Waals surface area contributed by atoms with E-state index in [1.165, 1.54) is 32.9 Å². The van der Waals surface area contributed by atoms with Crippen LogP contribution in [-0.4, -0.2) is 63.4 Å². The summed E-state index contributed by atoms with van der Waals surface area (Å²) in [5.74, 6) is -5.94. The van der Waals surface area contributed by atoms with Crippen LogP contribution in [0.1, 0.15) is 27.0 Å². The molecule has 0 spiro atoms. The maximum absolute atomic E-state index is 15.5. The van der Waals surface area contributed by atoms with E-state index in [2.05, 4.69) is 5.09 Å². The zero-order valence-electron chi connectivity index (χ0n) is 23.2. The summed E-state index contributed by atoms with van der Waals surface area (Å²) in [5, 5.41) is 12.9. The molecule has 12 nitrogen and oxygen atoms in total. The minimum absolute atomic E-state index is 0.124. The molecule has 3 N–H and O–H groups in total. The summed E-state index contributed by atoms with van der Waals surface area (Å²) in [4.78, 5) is 38.0. The van der Waals surface area contributed by atoms with E-state index < -0.39 is 79.0 Å². The number of aliphatic hydroxyl groups is 1. The van der Waals surface area contributed by atoms with Gasteiger partial charge in [0.05, 0.1) is 12.7 Å². The van der Waals surface area contributed by atoms with Gasteiger partial charge in [-0.15, -0.1) is 0 Å². The van der Waals surface area contributed by atoms with Crippen LogP contribution in [0.3, 0.4) is 0 Å². The zero-order valence-corrected chi connectivity index (χ0v) is 24.9. The number of carbonyl (C=O) groups is 1. The lowest BCUT2D eigenvalue weighted by molar-refractivity contribution is -0.242. The Morgan fingerprint density at radius 3 is 2.50 bits per heavy atom. The van der Waals surface area contributed by atoms with Crippen LogP contribution >= 0.6 is 19.3 Å². The van der Waals surface area contributed by atoms with Gasteiger partial charge >= 0.3 is 25.3 Å². The van der Waals surface area contributed by atoms with Gasteiger partial charge in [0, 0.05) is 11.6 Å². The van der Waals surface area contributed by atoms with E-state index in [1.807, 2.05) is 0 Å². The smallest absolute Gasteiger partial charge is 0.459 e. The molecule has 0 aliphatic carbocycles. The van der Waals surface area contributed by atoms with Crippen LogP contribution in [0.25, 0.3) is 10.8 Å². The third kappa shape index (κ3) is 6.41. The molecular weight excluding hydrogens is 641 g/mol. The number of ether oxygens (including phenoxy) is 2. The van der Waals surface area contributed by atoms with Crippen molar-refractivity contribution in [1.29, 1.82) is 0 Å². The molecule has 0 amide bonds. The van der Waals surface area contributed by atoms with Gasteiger partial charge in [-0.3, -0.25) is 23.7 Å². The lowest BCUT2D eigenvalue weighted by atomic mass is 9.95. The Morgan fingerprint density at radius 2 is 1.84 bits per heavy atom. The van der Waals surface area contributed by atoms with Crippen molar-refractivity contribution in [2.24, 2.45) is 0 Å². The van der Waals surface area contributed by atoms with E-state index in [1.54, 1.807) is 35.3 Å². The number of fused-ring (bicyclic) bond motifs is 1. The lowest BCUT2D eigenvalue weighted by Crippen LogP contribution is -2.57. The van der Waals surface area contributed by atoms with E-state index in [9.17, 15) is 32.8 Å². The molecule has 1 unspecified atom stereocenters. The van der Waals surface area contributed by atoms with Crippen molar-refractivity contribution >= 4 is 36.1 Å². The number of aromatic nitrogens is 2. The van der Waals surface area contributed by atoms with Crippen molar-refractivity contribution in [3.8, 4) is 5.75 Å². The Labute approximate surface area is 251 Å². The molecule has 0 bridgehead atoms. The lowest BCUT2D eigenvalue weighted by Gasteiger charge is -2.34. The van der Waals surface area contributed by atoms with Crippen LogP contribution in [0.15, 0.2) is 58.3 Å². The monoisotopic (exact) mass is 667 g/mol. The largest absolute Gasteiger partial charge is 0.462 e. The van der Waals surface area contributed by atoms with E-state index in [0.717, 1.165) is 0 Å². The fourth-order valence-electron chi connectivity index (χ4n) is 4.34. The Balaban J connectivity index is 1.73. The molecule has 2 heterocycles. The minimum atomic E-state index is -5.04. The highest BCUT2D eigenvalue weighted by atomic mass is 35.5. The van der Waals surface area contributed by atoms with Crippen molar-refractivity contribution in [1.82, 2.24) is 14.6 Å². The van der Waals surface area contributed by atoms with E-state index >= 15 is 8.78 Å². The number of rotatable bonds is 11. The number of nitrogens with one attached hydrogen (secondary N) is 2. The van der Waals surface area contributed by atoms with Crippen molar-refractivity contribution in [2.75, 3.05) is 6.61 Å². The molecule has 1 aliphatic rings. The third-order valence-electron chi connectivity index (χ3n) is 6.56. The van der Waals surface area contributed by atoms with Gasteiger partial charge in [0.2, 0.25) is 5.60 Å². The predicted octanol–water partition coefficient (Wildman–Crippen LogP) is 4.01. The normalized spacial score (nSPS) is 23.5. The molecule has 4 rings (SSSR count). The molecular formula is C26H27ClF4N3O9P. The Hall–Kier alpha value is -3.27. The van der Waals surface area contributed by atoms with Crippen molar-refractivity contribution < 1.29 is 50.5 Å². The fraction of sp³-hybridized carbons (Fsp3) is 0.423. The number of hydrogen-bond acceptors (Lipinski definition) is 9. The van der Waals surface area contributed by atoms with Crippen LogP contribution in [0, 0.1) is 0 Å². The van der Waals surface area contributed by atoms with Gasteiger partial charge in [-0.2, -0.15) is 13.9 Å². The molecule has 44 heavy (non-hydrogen) atoms. The number of nitrogens with zero attached hydrogens (tertiary/aromatic N) is 1. The van der Waals surface area contributed by atoms with Gasteiger partial charge in [0.15, 0.2) is 12.3 Å². The second kappa shape index (κ2) is 12.6. The minimum Gasteiger partial charge on any atom is -0.462 e. The molecule has 1 fully saturated rings. The molecule has 5 atom stereocenters. The number of hydrogen-bond donors (Lipinski definition) is 3. The average molecular weight is 668 g/mol. The first kappa shape index (κ1) is 33.6. The summed E-state index contributed by atoms with van der Waals surface area (Å²) in [5.41, 5.74) is -6.55. The SMILES string of the molecule is CC(C)OC(=O)[C@H](C)NP(=O)(OC[C@@]1(C(F)F)O[C@@H](n2cc(Cl)c(=O)[nH]c2=O)[C@H](O)C1(F)F)Oc1cccc2ccccc12. The first-order valence-electron chi connectivity index (χ1n) is 12.9. The van der Waals surface area contributed by atoms with Crippen LogP contribution in [0.4, 0.5) is 17.6 Å². The van der Waals surface area contributed by atoms with Crippen molar-refractivity contribution in [3.63, 3.8) is 0 Å². The third-order valence-corrected chi connectivity index (χ3v) is 8.44. The van der Waals surface area contributed by atoms with E-state index in [-0.39, 0.29) is 10.3 Å². The van der Waals surface area contributed by atoms with Gasteiger partial charge < -0.3 is 19.1 Å². The van der Waals surface area contributed by atoms with Gasteiger partial charge in [-0.05, 0) is 32.2 Å². The average Bonchev–Trinajstić information content (AvgIpc) is 3.15. The van der Waals surface area contributed by atoms with E-state index in [4.69, 9.17) is 30.1 Å². The number of H-pyrrole nitrogens is 1.